The monoisotopic (exact) mass is 186 g/mol. The van der Waals surface area contributed by atoms with Crippen molar-refractivity contribution in [2.45, 2.75) is 26.2 Å². The third-order valence-corrected chi connectivity index (χ3v) is 2.52. The summed E-state index contributed by atoms with van der Waals surface area (Å²) in [6.45, 7) is 4.10. The molecule has 0 spiro atoms. The average Bonchev–Trinajstić information content (AvgIpc) is 2.08. The highest BCUT2D eigenvalue weighted by atomic mass is 35.5. The topological polar surface area (TPSA) is 0 Å². The van der Waals surface area contributed by atoms with Crippen LogP contribution in [0.3, 0.4) is 0 Å². The molecular weight excluding hydrogens is 175 g/mol. The molecule has 0 saturated carbocycles. The fourth-order valence-electron chi connectivity index (χ4n) is 1.12. The summed E-state index contributed by atoms with van der Waals surface area (Å²) in [5.74, 6) is 0.00247. The van der Waals surface area contributed by atoms with E-state index in [0.717, 1.165) is 12.0 Å². The van der Waals surface area contributed by atoms with E-state index in [1.54, 1.807) is 6.07 Å². The van der Waals surface area contributed by atoms with E-state index in [9.17, 15) is 4.39 Å². The lowest BCUT2D eigenvalue weighted by Crippen LogP contribution is -1.93. The van der Waals surface area contributed by atoms with E-state index in [-0.39, 0.29) is 10.8 Å². The molecule has 0 aliphatic rings. The standard InChI is InChI=1S/C10H12ClF/c1-3-7(2)8-5-4-6-9(12)10(8)11/h4-7H,3H2,1-2H3. The van der Waals surface area contributed by atoms with Crippen LogP contribution < -0.4 is 0 Å². The van der Waals surface area contributed by atoms with E-state index >= 15 is 0 Å². The van der Waals surface area contributed by atoms with Gasteiger partial charge in [-0.3, -0.25) is 0 Å². The minimum atomic E-state index is -0.325. The van der Waals surface area contributed by atoms with Crippen LogP contribution in [0, 0.1) is 5.82 Å². The van der Waals surface area contributed by atoms with Gasteiger partial charge in [-0.05, 0) is 24.0 Å². The molecule has 0 radical (unpaired) electrons. The Bertz CT molecular complexity index is 271. The van der Waals surface area contributed by atoms with Crippen LogP contribution in [0.5, 0.6) is 0 Å². The largest absolute Gasteiger partial charge is 0.205 e. The quantitative estimate of drug-likeness (QED) is 0.655. The van der Waals surface area contributed by atoms with Crippen molar-refractivity contribution in [1.82, 2.24) is 0 Å². The number of rotatable bonds is 2. The van der Waals surface area contributed by atoms with Crippen molar-refractivity contribution in [2.24, 2.45) is 0 Å². The molecule has 0 fully saturated rings. The van der Waals surface area contributed by atoms with E-state index < -0.39 is 0 Å². The molecule has 0 amide bonds. The van der Waals surface area contributed by atoms with Crippen LogP contribution in [0.2, 0.25) is 5.02 Å². The number of hydrogen-bond acceptors (Lipinski definition) is 0. The Morgan fingerprint density at radius 3 is 2.75 bits per heavy atom. The lowest BCUT2D eigenvalue weighted by molar-refractivity contribution is 0.620. The molecule has 0 aliphatic heterocycles. The third-order valence-electron chi connectivity index (χ3n) is 2.12. The van der Waals surface area contributed by atoms with Crippen molar-refractivity contribution < 1.29 is 4.39 Å². The first-order valence-electron chi connectivity index (χ1n) is 4.10. The molecule has 12 heavy (non-hydrogen) atoms. The van der Waals surface area contributed by atoms with Crippen LogP contribution in [-0.2, 0) is 0 Å². The van der Waals surface area contributed by atoms with Crippen molar-refractivity contribution in [2.75, 3.05) is 0 Å². The molecule has 1 atom stereocenters. The fraction of sp³-hybridized carbons (Fsp3) is 0.400. The van der Waals surface area contributed by atoms with Crippen LogP contribution in [-0.4, -0.2) is 0 Å². The van der Waals surface area contributed by atoms with E-state index in [0.29, 0.717) is 5.92 Å². The van der Waals surface area contributed by atoms with Gasteiger partial charge in [-0.25, -0.2) is 4.39 Å². The SMILES string of the molecule is CCC(C)c1cccc(F)c1Cl. The van der Waals surface area contributed by atoms with Crippen LogP contribution in [0.1, 0.15) is 31.7 Å². The number of hydrogen-bond donors (Lipinski definition) is 0. The van der Waals surface area contributed by atoms with Crippen molar-refractivity contribution >= 4 is 11.6 Å². The highest BCUT2D eigenvalue weighted by Gasteiger charge is 2.10. The van der Waals surface area contributed by atoms with Gasteiger partial charge in [0.1, 0.15) is 5.82 Å². The van der Waals surface area contributed by atoms with Crippen molar-refractivity contribution in [3.05, 3.63) is 34.6 Å². The minimum Gasteiger partial charge on any atom is -0.205 e. The molecule has 2 heteroatoms. The number of benzene rings is 1. The first-order chi connectivity index (χ1) is 5.66. The lowest BCUT2D eigenvalue weighted by Gasteiger charge is -2.10. The summed E-state index contributed by atoms with van der Waals surface area (Å²) in [4.78, 5) is 0. The molecule has 0 aromatic heterocycles. The molecule has 66 valence electrons. The molecule has 1 aromatic carbocycles. The maximum Gasteiger partial charge on any atom is 0.142 e. The van der Waals surface area contributed by atoms with E-state index in [4.69, 9.17) is 11.6 Å². The molecule has 0 aliphatic carbocycles. The summed E-state index contributed by atoms with van der Waals surface area (Å²) >= 11 is 5.79. The molecule has 1 aromatic rings. The van der Waals surface area contributed by atoms with Crippen molar-refractivity contribution in [3.8, 4) is 0 Å². The first-order valence-corrected chi connectivity index (χ1v) is 4.48. The maximum atomic E-state index is 12.9. The first kappa shape index (κ1) is 9.53. The van der Waals surface area contributed by atoms with Gasteiger partial charge in [0, 0.05) is 0 Å². The highest BCUT2D eigenvalue weighted by molar-refractivity contribution is 6.31. The zero-order valence-corrected chi connectivity index (χ0v) is 8.03. The minimum absolute atomic E-state index is 0.270. The summed E-state index contributed by atoms with van der Waals surface area (Å²) in [6.07, 6.45) is 0.975. The van der Waals surface area contributed by atoms with Crippen molar-refractivity contribution in [1.29, 1.82) is 0 Å². The Labute approximate surface area is 77.4 Å². The zero-order chi connectivity index (χ0) is 9.14. The van der Waals surface area contributed by atoms with E-state index in [1.807, 2.05) is 13.0 Å². The van der Waals surface area contributed by atoms with E-state index in [2.05, 4.69) is 6.92 Å². The highest BCUT2D eigenvalue weighted by Crippen LogP contribution is 2.28. The molecule has 0 N–H and O–H groups in total. The van der Waals surface area contributed by atoms with Gasteiger partial charge < -0.3 is 0 Å². The summed E-state index contributed by atoms with van der Waals surface area (Å²) in [6, 6.07) is 4.95. The Balaban J connectivity index is 3.07. The lowest BCUT2D eigenvalue weighted by atomic mass is 9.99. The fourth-order valence-corrected chi connectivity index (χ4v) is 1.43. The summed E-state index contributed by atoms with van der Waals surface area (Å²) in [5.41, 5.74) is 0.902. The van der Waals surface area contributed by atoms with Gasteiger partial charge in [0.2, 0.25) is 0 Å². The Kier molecular flexibility index (Phi) is 3.10. The molecule has 1 unspecified atom stereocenters. The van der Waals surface area contributed by atoms with Crippen LogP contribution >= 0.6 is 11.6 Å². The molecular formula is C10H12ClF. The van der Waals surface area contributed by atoms with Gasteiger partial charge in [0.05, 0.1) is 5.02 Å². The van der Waals surface area contributed by atoms with E-state index in [1.165, 1.54) is 6.07 Å². The third kappa shape index (κ3) is 1.78. The molecule has 1 rings (SSSR count). The second-order valence-electron chi connectivity index (χ2n) is 2.95. The zero-order valence-electron chi connectivity index (χ0n) is 7.27. The normalized spacial score (nSPS) is 13.0. The molecule has 0 heterocycles. The predicted molar refractivity (Wildman–Crippen MR) is 50.1 cm³/mol. The van der Waals surface area contributed by atoms with Crippen LogP contribution in [0.15, 0.2) is 18.2 Å². The Hall–Kier alpha value is -0.560. The van der Waals surface area contributed by atoms with Gasteiger partial charge >= 0.3 is 0 Å². The predicted octanol–water partition coefficient (Wildman–Crippen LogP) is 3.99. The maximum absolute atomic E-state index is 12.9. The van der Waals surface area contributed by atoms with Gasteiger partial charge in [-0.15, -0.1) is 0 Å². The van der Waals surface area contributed by atoms with Gasteiger partial charge in [-0.2, -0.15) is 0 Å². The smallest absolute Gasteiger partial charge is 0.142 e. The summed E-state index contributed by atoms with van der Waals surface area (Å²) < 4.78 is 12.9. The summed E-state index contributed by atoms with van der Waals surface area (Å²) in [5, 5.41) is 0.270. The second kappa shape index (κ2) is 3.90. The molecule has 0 nitrogen and oxygen atoms in total. The second-order valence-corrected chi connectivity index (χ2v) is 3.33. The Morgan fingerprint density at radius 1 is 1.50 bits per heavy atom. The van der Waals surface area contributed by atoms with Crippen LogP contribution in [0.4, 0.5) is 4.39 Å². The van der Waals surface area contributed by atoms with Gasteiger partial charge in [0.15, 0.2) is 0 Å². The van der Waals surface area contributed by atoms with Gasteiger partial charge in [-0.1, -0.05) is 37.6 Å². The Morgan fingerprint density at radius 2 is 2.17 bits per heavy atom. The molecule has 0 saturated heterocycles. The number of halogens is 2. The van der Waals surface area contributed by atoms with Gasteiger partial charge in [0.25, 0.3) is 0 Å². The van der Waals surface area contributed by atoms with Crippen molar-refractivity contribution in [3.63, 3.8) is 0 Å². The molecule has 0 bridgehead atoms. The summed E-state index contributed by atoms with van der Waals surface area (Å²) in [7, 11) is 0. The average molecular weight is 187 g/mol. The van der Waals surface area contributed by atoms with Crippen LogP contribution in [0.25, 0.3) is 0 Å².